The van der Waals surface area contributed by atoms with Gasteiger partial charge < -0.3 is 4.74 Å². The highest BCUT2D eigenvalue weighted by atomic mass is 35.5. The standard InChI is InChI=1S/C24H24ClNO3/c1-24(2)13-20-23(21(27)14-24)19(15-7-9-18(29-3)10-8-15)12-22(28)26(20)17-6-4-5-16(25)11-17/h4-11,19H,12-14H2,1-3H3. The third-order valence-corrected chi connectivity index (χ3v) is 5.96. The van der Waals surface area contributed by atoms with E-state index in [0.717, 1.165) is 22.6 Å². The summed E-state index contributed by atoms with van der Waals surface area (Å²) >= 11 is 6.19. The highest BCUT2D eigenvalue weighted by Crippen LogP contribution is 2.48. The summed E-state index contributed by atoms with van der Waals surface area (Å²) in [7, 11) is 1.62. The Morgan fingerprint density at radius 1 is 1.07 bits per heavy atom. The van der Waals surface area contributed by atoms with Gasteiger partial charge >= 0.3 is 0 Å². The van der Waals surface area contributed by atoms with E-state index >= 15 is 0 Å². The van der Waals surface area contributed by atoms with E-state index in [-0.39, 0.29) is 29.4 Å². The zero-order valence-corrected chi connectivity index (χ0v) is 17.6. The number of hydrogen-bond acceptors (Lipinski definition) is 3. The summed E-state index contributed by atoms with van der Waals surface area (Å²) in [5.41, 5.74) is 3.05. The summed E-state index contributed by atoms with van der Waals surface area (Å²) in [5, 5.41) is 0.566. The summed E-state index contributed by atoms with van der Waals surface area (Å²) in [6.07, 6.45) is 1.40. The van der Waals surface area contributed by atoms with E-state index in [1.54, 1.807) is 24.1 Å². The molecule has 0 radical (unpaired) electrons. The van der Waals surface area contributed by atoms with E-state index in [9.17, 15) is 9.59 Å². The number of carbonyl (C=O) groups excluding carboxylic acids is 2. The lowest BCUT2D eigenvalue weighted by Gasteiger charge is -2.43. The number of methoxy groups -OCH3 is 1. The zero-order valence-electron chi connectivity index (χ0n) is 16.9. The Morgan fingerprint density at radius 2 is 1.79 bits per heavy atom. The molecule has 0 N–H and O–H groups in total. The number of ketones is 1. The Hall–Kier alpha value is -2.59. The van der Waals surface area contributed by atoms with Gasteiger partial charge in [0.15, 0.2) is 5.78 Å². The van der Waals surface area contributed by atoms with E-state index < -0.39 is 0 Å². The highest BCUT2D eigenvalue weighted by molar-refractivity contribution is 6.31. The normalized spacial score (nSPS) is 21.2. The molecule has 1 atom stereocenters. The summed E-state index contributed by atoms with van der Waals surface area (Å²) in [5.74, 6) is 0.623. The third kappa shape index (κ3) is 3.69. The van der Waals surface area contributed by atoms with Crippen LogP contribution in [-0.4, -0.2) is 18.8 Å². The van der Waals surface area contributed by atoms with E-state index in [0.29, 0.717) is 23.6 Å². The van der Waals surface area contributed by atoms with E-state index in [1.165, 1.54) is 0 Å². The second-order valence-corrected chi connectivity index (χ2v) is 8.98. The van der Waals surface area contributed by atoms with Gasteiger partial charge in [-0.1, -0.05) is 43.6 Å². The maximum Gasteiger partial charge on any atom is 0.232 e. The molecular weight excluding hydrogens is 386 g/mol. The van der Waals surface area contributed by atoms with Crippen molar-refractivity contribution in [3.63, 3.8) is 0 Å². The van der Waals surface area contributed by atoms with Crippen molar-refractivity contribution >= 4 is 29.0 Å². The van der Waals surface area contributed by atoms with Gasteiger partial charge in [0, 0.05) is 35.1 Å². The van der Waals surface area contributed by atoms with Crippen LogP contribution in [0.2, 0.25) is 5.02 Å². The molecule has 0 spiro atoms. The van der Waals surface area contributed by atoms with Gasteiger partial charge in [-0.3, -0.25) is 14.5 Å². The highest BCUT2D eigenvalue weighted by Gasteiger charge is 2.44. The van der Waals surface area contributed by atoms with E-state index in [4.69, 9.17) is 16.3 Å². The fraction of sp³-hybridized carbons (Fsp3) is 0.333. The monoisotopic (exact) mass is 409 g/mol. The van der Waals surface area contributed by atoms with Gasteiger partial charge in [-0.15, -0.1) is 0 Å². The molecule has 1 heterocycles. The van der Waals surface area contributed by atoms with Gasteiger partial charge in [0.1, 0.15) is 5.75 Å². The van der Waals surface area contributed by atoms with Crippen molar-refractivity contribution in [1.29, 1.82) is 0 Å². The van der Waals surface area contributed by atoms with E-state index in [2.05, 4.69) is 13.8 Å². The van der Waals surface area contributed by atoms with Gasteiger partial charge in [0.2, 0.25) is 5.91 Å². The molecule has 0 fully saturated rings. The lowest BCUT2D eigenvalue weighted by molar-refractivity contribution is -0.121. The van der Waals surface area contributed by atoms with Gasteiger partial charge in [0.05, 0.1) is 12.8 Å². The second-order valence-electron chi connectivity index (χ2n) is 8.54. The van der Waals surface area contributed by atoms with Crippen LogP contribution < -0.4 is 9.64 Å². The molecule has 4 rings (SSSR count). The summed E-state index contributed by atoms with van der Waals surface area (Å²) < 4.78 is 5.25. The molecule has 150 valence electrons. The molecule has 2 aliphatic rings. The molecule has 0 saturated carbocycles. The largest absolute Gasteiger partial charge is 0.497 e. The molecule has 5 heteroatoms. The lowest BCUT2D eigenvalue weighted by Crippen LogP contribution is -2.43. The van der Waals surface area contributed by atoms with Crippen molar-refractivity contribution in [3.8, 4) is 5.75 Å². The van der Waals surface area contributed by atoms with Gasteiger partial charge in [-0.05, 0) is 47.7 Å². The molecule has 2 aromatic carbocycles. The Labute approximate surface area is 176 Å². The lowest BCUT2D eigenvalue weighted by atomic mass is 9.69. The number of hydrogen-bond donors (Lipinski definition) is 0. The Morgan fingerprint density at radius 3 is 2.45 bits per heavy atom. The van der Waals surface area contributed by atoms with Crippen LogP contribution in [0.4, 0.5) is 5.69 Å². The first kappa shape index (κ1) is 19.7. The molecule has 1 aliphatic carbocycles. The van der Waals surface area contributed by atoms with Crippen molar-refractivity contribution in [3.05, 3.63) is 70.4 Å². The Kier molecular flexibility index (Phi) is 4.99. The number of amides is 1. The molecule has 2 aromatic rings. The van der Waals surface area contributed by atoms with E-state index in [1.807, 2.05) is 36.4 Å². The summed E-state index contributed by atoms with van der Waals surface area (Å²) in [6, 6.07) is 14.9. The zero-order chi connectivity index (χ0) is 20.8. The fourth-order valence-electron chi connectivity index (χ4n) is 4.45. The fourth-order valence-corrected chi connectivity index (χ4v) is 4.64. The number of halogens is 1. The molecule has 0 bridgehead atoms. The van der Waals surface area contributed by atoms with Crippen LogP contribution in [0.5, 0.6) is 5.75 Å². The number of Topliss-reactive ketones (excluding diaryl/α,β-unsaturated/α-hetero) is 1. The van der Waals surface area contributed by atoms with Gasteiger partial charge in [-0.2, -0.15) is 0 Å². The molecule has 0 aromatic heterocycles. The van der Waals surface area contributed by atoms with Crippen LogP contribution in [0.25, 0.3) is 0 Å². The Bertz CT molecular complexity index is 1010. The Balaban J connectivity index is 1.87. The van der Waals surface area contributed by atoms with Crippen molar-refractivity contribution in [1.82, 2.24) is 0 Å². The number of rotatable bonds is 3. The molecule has 0 saturated heterocycles. The summed E-state index contributed by atoms with van der Waals surface area (Å²) in [6.45, 7) is 4.15. The van der Waals surface area contributed by atoms with Crippen LogP contribution >= 0.6 is 11.6 Å². The van der Waals surface area contributed by atoms with Crippen molar-refractivity contribution < 1.29 is 14.3 Å². The quantitative estimate of drug-likeness (QED) is 0.671. The number of ether oxygens (including phenoxy) is 1. The average molecular weight is 410 g/mol. The first-order chi connectivity index (χ1) is 13.8. The smallest absolute Gasteiger partial charge is 0.232 e. The predicted molar refractivity (Wildman–Crippen MR) is 114 cm³/mol. The van der Waals surface area contributed by atoms with Crippen LogP contribution in [0, 0.1) is 5.41 Å². The number of carbonyl (C=O) groups is 2. The minimum Gasteiger partial charge on any atom is -0.497 e. The van der Waals surface area contributed by atoms with Crippen LogP contribution in [0.15, 0.2) is 59.8 Å². The molecule has 1 aliphatic heterocycles. The first-order valence-corrected chi connectivity index (χ1v) is 10.2. The second kappa shape index (κ2) is 7.34. The maximum absolute atomic E-state index is 13.3. The number of benzene rings is 2. The molecule has 4 nitrogen and oxygen atoms in total. The molecule has 1 amide bonds. The minimum absolute atomic E-state index is 0.0164. The summed E-state index contributed by atoms with van der Waals surface area (Å²) in [4.78, 5) is 28.3. The first-order valence-electron chi connectivity index (χ1n) is 9.78. The number of nitrogens with zero attached hydrogens (tertiary/aromatic N) is 1. The topological polar surface area (TPSA) is 46.6 Å². The van der Waals surface area contributed by atoms with Crippen LogP contribution in [0.1, 0.15) is 44.6 Å². The van der Waals surface area contributed by atoms with Gasteiger partial charge in [0.25, 0.3) is 0 Å². The number of allylic oxidation sites excluding steroid dienone is 2. The minimum atomic E-state index is -0.234. The molecule has 1 unspecified atom stereocenters. The number of anilines is 1. The van der Waals surface area contributed by atoms with Crippen molar-refractivity contribution in [2.45, 2.75) is 39.0 Å². The van der Waals surface area contributed by atoms with Crippen LogP contribution in [-0.2, 0) is 9.59 Å². The SMILES string of the molecule is COc1ccc(C2CC(=O)N(c3cccc(Cl)c3)C3=C2C(=O)CC(C)(C)C3)cc1. The van der Waals surface area contributed by atoms with Crippen molar-refractivity contribution in [2.75, 3.05) is 12.0 Å². The van der Waals surface area contributed by atoms with Gasteiger partial charge in [-0.25, -0.2) is 0 Å². The third-order valence-electron chi connectivity index (χ3n) is 5.73. The maximum atomic E-state index is 13.3. The van der Waals surface area contributed by atoms with Crippen LogP contribution in [0.3, 0.4) is 0 Å². The average Bonchev–Trinajstić information content (AvgIpc) is 2.66. The molecule has 29 heavy (non-hydrogen) atoms. The molecular formula is C24H24ClNO3. The van der Waals surface area contributed by atoms with Crippen molar-refractivity contribution in [2.24, 2.45) is 5.41 Å². The predicted octanol–water partition coefficient (Wildman–Crippen LogP) is 5.51.